The number of hydrogen-bond acceptors (Lipinski definition) is 6. The van der Waals surface area contributed by atoms with Gasteiger partial charge in [0.2, 0.25) is 15.9 Å². The first-order valence-corrected chi connectivity index (χ1v) is 10.7. The van der Waals surface area contributed by atoms with Gasteiger partial charge in [0, 0.05) is 12.1 Å². The number of rotatable bonds is 9. The van der Waals surface area contributed by atoms with Crippen LogP contribution in [0.15, 0.2) is 42.5 Å². The SMILES string of the molecule is COc1ccc(OC)c(C(O)CNC(=O)CN(c2ccccc2C)S(C)(=O)=O)c1. The van der Waals surface area contributed by atoms with Crippen LogP contribution in [0, 0.1) is 6.92 Å². The summed E-state index contributed by atoms with van der Waals surface area (Å²) in [5.74, 6) is 0.443. The van der Waals surface area contributed by atoms with Crippen LogP contribution in [-0.2, 0) is 14.8 Å². The first-order chi connectivity index (χ1) is 13.7. The fourth-order valence-corrected chi connectivity index (χ4v) is 3.74. The van der Waals surface area contributed by atoms with E-state index in [1.807, 2.05) is 0 Å². The molecule has 2 aromatic rings. The Balaban J connectivity index is 2.11. The van der Waals surface area contributed by atoms with Crippen LogP contribution in [0.2, 0.25) is 0 Å². The van der Waals surface area contributed by atoms with Crippen molar-refractivity contribution < 1.29 is 27.8 Å². The molecule has 0 aliphatic rings. The number of anilines is 1. The lowest BCUT2D eigenvalue weighted by Gasteiger charge is -2.24. The van der Waals surface area contributed by atoms with Gasteiger partial charge in [0.15, 0.2) is 0 Å². The van der Waals surface area contributed by atoms with E-state index >= 15 is 0 Å². The number of nitrogens with one attached hydrogen (secondary N) is 1. The summed E-state index contributed by atoms with van der Waals surface area (Å²) < 4.78 is 35.8. The van der Waals surface area contributed by atoms with Gasteiger partial charge in [-0.3, -0.25) is 9.10 Å². The Kier molecular flexibility index (Phi) is 7.46. The van der Waals surface area contributed by atoms with Gasteiger partial charge in [0.25, 0.3) is 0 Å². The lowest BCUT2D eigenvalue weighted by atomic mass is 10.1. The minimum Gasteiger partial charge on any atom is -0.497 e. The molecule has 0 saturated carbocycles. The van der Waals surface area contributed by atoms with Crippen LogP contribution in [0.1, 0.15) is 17.2 Å². The summed E-state index contributed by atoms with van der Waals surface area (Å²) in [7, 11) is -0.692. The van der Waals surface area contributed by atoms with Crippen LogP contribution in [0.3, 0.4) is 0 Å². The highest BCUT2D eigenvalue weighted by molar-refractivity contribution is 7.92. The number of aliphatic hydroxyl groups is 1. The van der Waals surface area contributed by atoms with Crippen molar-refractivity contribution in [3.63, 3.8) is 0 Å². The number of amides is 1. The number of hydrogen-bond donors (Lipinski definition) is 2. The molecule has 0 heterocycles. The minimum atomic E-state index is -3.67. The maximum atomic E-state index is 12.4. The molecule has 0 fully saturated rings. The molecule has 0 bridgehead atoms. The molecule has 2 rings (SSSR count). The van der Waals surface area contributed by atoms with E-state index in [4.69, 9.17) is 9.47 Å². The molecule has 0 aliphatic carbocycles. The van der Waals surface area contributed by atoms with Crippen LogP contribution in [0.4, 0.5) is 5.69 Å². The number of benzene rings is 2. The largest absolute Gasteiger partial charge is 0.497 e. The van der Waals surface area contributed by atoms with Crippen molar-refractivity contribution in [2.75, 3.05) is 37.9 Å². The van der Waals surface area contributed by atoms with Gasteiger partial charge in [-0.15, -0.1) is 0 Å². The monoisotopic (exact) mass is 422 g/mol. The van der Waals surface area contributed by atoms with Gasteiger partial charge in [0.1, 0.15) is 18.0 Å². The predicted molar refractivity (Wildman–Crippen MR) is 111 cm³/mol. The quantitative estimate of drug-likeness (QED) is 0.636. The van der Waals surface area contributed by atoms with Crippen LogP contribution in [-0.4, -0.2) is 53.0 Å². The van der Waals surface area contributed by atoms with E-state index in [0.717, 1.165) is 16.1 Å². The molecule has 9 heteroatoms. The van der Waals surface area contributed by atoms with Crippen molar-refractivity contribution in [1.29, 1.82) is 0 Å². The van der Waals surface area contributed by atoms with E-state index in [-0.39, 0.29) is 6.54 Å². The molecule has 2 N–H and O–H groups in total. The maximum absolute atomic E-state index is 12.4. The van der Waals surface area contributed by atoms with Crippen molar-refractivity contribution in [2.24, 2.45) is 0 Å². The molecule has 0 saturated heterocycles. The number of methoxy groups -OCH3 is 2. The summed E-state index contributed by atoms with van der Waals surface area (Å²) in [4.78, 5) is 12.4. The number of ether oxygens (including phenoxy) is 2. The molecule has 1 amide bonds. The Morgan fingerprint density at radius 2 is 1.86 bits per heavy atom. The van der Waals surface area contributed by atoms with Crippen LogP contribution < -0.4 is 19.1 Å². The van der Waals surface area contributed by atoms with Crippen molar-refractivity contribution in [1.82, 2.24) is 5.32 Å². The summed E-state index contributed by atoms with van der Waals surface area (Å²) in [5, 5.41) is 13.0. The van der Waals surface area contributed by atoms with E-state index in [1.165, 1.54) is 14.2 Å². The summed E-state index contributed by atoms with van der Waals surface area (Å²) >= 11 is 0. The van der Waals surface area contributed by atoms with E-state index in [9.17, 15) is 18.3 Å². The third kappa shape index (κ3) is 5.85. The van der Waals surface area contributed by atoms with Gasteiger partial charge < -0.3 is 19.9 Å². The zero-order chi connectivity index (χ0) is 21.6. The predicted octanol–water partition coefficient (Wildman–Crippen LogP) is 1.63. The molecular formula is C20H26N2O6S. The smallest absolute Gasteiger partial charge is 0.240 e. The van der Waals surface area contributed by atoms with Gasteiger partial charge in [-0.1, -0.05) is 18.2 Å². The van der Waals surface area contributed by atoms with E-state index in [1.54, 1.807) is 49.4 Å². The Hall–Kier alpha value is -2.78. The van der Waals surface area contributed by atoms with E-state index in [2.05, 4.69) is 5.32 Å². The summed E-state index contributed by atoms with van der Waals surface area (Å²) in [6.45, 7) is 1.25. The standard InChI is InChI=1S/C20H26N2O6S/c1-14-7-5-6-8-17(14)22(29(4,25)26)13-20(24)21-12-18(23)16-11-15(27-2)9-10-19(16)28-3/h5-11,18,23H,12-13H2,1-4H3,(H,21,24). The van der Waals surface area contributed by atoms with Gasteiger partial charge in [-0.2, -0.15) is 0 Å². The summed E-state index contributed by atoms with van der Waals surface area (Å²) in [6, 6.07) is 11.9. The van der Waals surface area contributed by atoms with Crippen LogP contribution in [0.5, 0.6) is 11.5 Å². The lowest BCUT2D eigenvalue weighted by molar-refractivity contribution is -0.120. The molecule has 158 valence electrons. The molecular weight excluding hydrogens is 396 g/mol. The number of carbonyl (C=O) groups is 1. The van der Waals surface area contributed by atoms with Gasteiger partial charge in [0.05, 0.1) is 32.3 Å². The lowest BCUT2D eigenvalue weighted by Crippen LogP contribution is -2.41. The fraction of sp³-hybridized carbons (Fsp3) is 0.350. The average Bonchev–Trinajstić information content (AvgIpc) is 2.69. The van der Waals surface area contributed by atoms with Crippen molar-refractivity contribution in [3.8, 4) is 11.5 Å². The van der Waals surface area contributed by atoms with E-state index in [0.29, 0.717) is 22.7 Å². The van der Waals surface area contributed by atoms with E-state index < -0.39 is 28.6 Å². The topological polar surface area (TPSA) is 105 Å². The molecule has 8 nitrogen and oxygen atoms in total. The van der Waals surface area contributed by atoms with Crippen molar-refractivity contribution in [3.05, 3.63) is 53.6 Å². The second-order valence-corrected chi connectivity index (χ2v) is 8.39. The molecule has 0 radical (unpaired) electrons. The molecule has 1 unspecified atom stereocenters. The summed E-state index contributed by atoms with van der Waals surface area (Å²) in [6.07, 6.45) is -0.0167. The second-order valence-electron chi connectivity index (χ2n) is 6.48. The summed E-state index contributed by atoms with van der Waals surface area (Å²) in [5.41, 5.74) is 1.61. The molecule has 0 spiro atoms. The Morgan fingerprint density at radius 3 is 2.45 bits per heavy atom. The number of nitrogens with zero attached hydrogens (tertiary/aromatic N) is 1. The molecule has 29 heavy (non-hydrogen) atoms. The van der Waals surface area contributed by atoms with Crippen LogP contribution in [0.25, 0.3) is 0 Å². The first-order valence-electron chi connectivity index (χ1n) is 8.87. The number of aryl methyl sites for hydroxylation is 1. The highest BCUT2D eigenvalue weighted by Gasteiger charge is 2.23. The molecule has 2 aromatic carbocycles. The minimum absolute atomic E-state index is 0.117. The number of aliphatic hydroxyl groups excluding tert-OH is 1. The number of carbonyl (C=O) groups excluding carboxylic acids is 1. The van der Waals surface area contributed by atoms with Crippen molar-refractivity contribution >= 4 is 21.6 Å². The zero-order valence-corrected chi connectivity index (χ0v) is 17.7. The molecule has 1 atom stereocenters. The van der Waals surface area contributed by atoms with Crippen LogP contribution >= 0.6 is 0 Å². The second kappa shape index (κ2) is 9.62. The highest BCUT2D eigenvalue weighted by atomic mass is 32.2. The Bertz CT molecular complexity index is 961. The third-order valence-electron chi connectivity index (χ3n) is 4.36. The molecule has 0 aromatic heterocycles. The zero-order valence-electron chi connectivity index (χ0n) is 16.9. The number of para-hydroxylation sites is 1. The van der Waals surface area contributed by atoms with Gasteiger partial charge in [-0.25, -0.2) is 8.42 Å². The number of sulfonamides is 1. The maximum Gasteiger partial charge on any atom is 0.240 e. The highest BCUT2D eigenvalue weighted by Crippen LogP contribution is 2.29. The molecule has 0 aliphatic heterocycles. The normalized spacial score (nSPS) is 12.2. The fourth-order valence-electron chi connectivity index (χ4n) is 2.83. The van der Waals surface area contributed by atoms with Gasteiger partial charge >= 0.3 is 0 Å². The Morgan fingerprint density at radius 1 is 1.17 bits per heavy atom. The van der Waals surface area contributed by atoms with Gasteiger partial charge in [-0.05, 0) is 36.8 Å². The third-order valence-corrected chi connectivity index (χ3v) is 5.49. The average molecular weight is 423 g/mol. The first kappa shape index (κ1) is 22.5. The Labute approximate surface area is 171 Å². The van der Waals surface area contributed by atoms with Crippen molar-refractivity contribution in [2.45, 2.75) is 13.0 Å².